The number of aryl methyl sites for hydroxylation is 1. The molecule has 124 valence electrons. The van der Waals surface area contributed by atoms with Gasteiger partial charge in [-0.05, 0) is 13.8 Å². The highest BCUT2D eigenvalue weighted by molar-refractivity contribution is 5.81. The fraction of sp³-hybridized carbons (Fsp3) is 0.733. The van der Waals surface area contributed by atoms with E-state index in [1.54, 1.807) is 13.1 Å². The number of carbonyl (C=O) groups is 1. The molecular weight excluding hydrogens is 284 g/mol. The summed E-state index contributed by atoms with van der Waals surface area (Å²) in [7, 11) is 1.95. The number of ether oxygens (including phenoxy) is 2. The van der Waals surface area contributed by atoms with Crippen molar-refractivity contribution in [3.05, 3.63) is 18.2 Å². The molecule has 0 spiro atoms. The molecule has 2 rings (SSSR count). The summed E-state index contributed by atoms with van der Waals surface area (Å²) in [6, 6.07) is -0.0563. The number of nitrogens with one attached hydrogen (secondary N) is 1. The van der Waals surface area contributed by atoms with Crippen molar-refractivity contribution in [3.63, 3.8) is 0 Å². The van der Waals surface area contributed by atoms with Gasteiger partial charge < -0.3 is 24.3 Å². The van der Waals surface area contributed by atoms with Crippen molar-refractivity contribution in [1.29, 1.82) is 0 Å². The maximum absolute atomic E-state index is 12.7. The van der Waals surface area contributed by atoms with Crippen molar-refractivity contribution in [2.24, 2.45) is 7.05 Å². The van der Waals surface area contributed by atoms with E-state index in [-0.39, 0.29) is 11.9 Å². The zero-order valence-corrected chi connectivity index (χ0v) is 13.6. The van der Waals surface area contributed by atoms with Gasteiger partial charge in [0.15, 0.2) is 0 Å². The predicted octanol–water partition coefficient (Wildman–Crippen LogP) is 0.335. The number of aromatic nitrogens is 2. The number of amides is 1. The summed E-state index contributed by atoms with van der Waals surface area (Å²) in [4.78, 5) is 18.9. The third-order valence-corrected chi connectivity index (χ3v) is 3.83. The normalized spacial score (nSPS) is 20.1. The first-order valence-corrected chi connectivity index (χ1v) is 7.83. The summed E-state index contributed by atoms with van der Waals surface area (Å²) in [5, 5.41) is 3.33. The highest BCUT2D eigenvalue weighted by Crippen LogP contribution is 2.21. The number of piperazine rings is 1. The van der Waals surface area contributed by atoms with E-state index in [4.69, 9.17) is 9.47 Å². The fourth-order valence-corrected chi connectivity index (χ4v) is 2.63. The van der Waals surface area contributed by atoms with E-state index >= 15 is 0 Å². The standard InChI is InChI=1S/C15H26N4O3/c1-4-21-9-10-22-12(2)15(20)19-8-5-16-11-13(19)14-17-6-7-18(14)3/h6-7,12-13,16H,4-5,8-11H2,1-3H3. The van der Waals surface area contributed by atoms with Gasteiger partial charge in [-0.25, -0.2) is 4.98 Å². The van der Waals surface area contributed by atoms with Gasteiger partial charge in [0.2, 0.25) is 0 Å². The average molecular weight is 310 g/mol. The third-order valence-electron chi connectivity index (χ3n) is 3.83. The summed E-state index contributed by atoms with van der Waals surface area (Å²) in [5.41, 5.74) is 0. The minimum atomic E-state index is -0.471. The summed E-state index contributed by atoms with van der Waals surface area (Å²) in [6.45, 7) is 7.50. The van der Waals surface area contributed by atoms with Gasteiger partial charge in [0.1, 0.15) is 18.0 Å². The molecule has 1 saturated heterocycles. The highest BCUT2D eigenvalue weighted by atomic mass is 16.5. The minimum Gasteiger partial charge on any atom is -0.379 e. The van der Waals surface area contributed by atoms with Crippen LogP contribution in [0.1, 0.15) is 25.7 Å². The van der Waals surface area contributed by atoms with E-state index in [0.717, 1.165) is 12.4 Å². The van der Waals surface area contributed by atoms with Crippen LogP contribution < -0.4 is 5.32 Å². The number of hydrogen-bond acceptors (Lipinski definition) is 5. The zero-order valence-electron chi connectivity index (χ0n) is 13.6. The lowest BCUT2D eigenvalue weighted by Crippen LogP contribution is -2.52. The van der Waals surface area contributed by atoms with Crippen LogP contribution in [0, 0.1) is 0 Å². The Morgan fingerprint density at radius 2 is 2.36 bits per heavy atom. The Bertz CT molecular complexity index is 477. The van der Waals surface area contributed by atoms with Crippen LogP contribution in [0.25, 0.3) is 0 Å². The molecule has 0 saturated carbocycles. The first-order chi connectivity index (χ1) is 10.6. The first kappa shape index (κ1) is 16.9. The first-order valence-electron chi connectivity index (χ1n) is 7.83. The second kappa shape index (κ2) is 8.26. The molecule has 7 nitrogen and oxygen atoms in total. The van der Waals surface area contributed by atoms with E-state index in [1.165, 1.54) is 0 Å². The molecule has 7 heteroatoms. The van der Waals surface area contributed by atoms with Crippen LogP contribution in [-0.2, 0) is 21.3 Å². The Morgan fingerprint density at radius 3 is 3.05 bits per heavy atom. The topological polar surface area (TPSA) is 68.6 Å². The van der Waals surface area contributed by atoms with Crippen molar-refractivity contribution >= 4 is 5.91 Å². The Labute approximate surface area is 131 Å². The maximum Gasteiger partial charge on any atom is 0.252 e. The minimum absolute atomic E-state index is 0.00555. The lowest BCUT2D eigenvalue weighted by atomic mass is 10.1. The number of rotatable bonds is 7. The van der Waals surface area contributed by atoms with Crippen molar-refractivity contribution < 1.29 is 14.3 Å². The van der Waals surface area contributed by atoms with Gasteiger partial charge in [0.05, 0.1) is 13.2 Å². The van der Waals surface area contributed by atoms with Crippen LogP contribution in [0.2, 0.25) is 0 Å². The molecule has 0 radical (unpaired) electrons. The third kappa shape index (κ3) is 4.06. The van der Waals surface area contributed by atoms with E-state index in [1.807, 2.05) is 29.6 Å². The summed E-state index contributed by atoms with van der Waals surface area (Å²) in [5.74, 6) is 0.896. The predicted molar refractivity (Wildman–Crippen MR) is 82.4 cm³/mol. The van der Waals surface area contributed by atoms with E-state index in [2.05, 4.69) is 10.3 Å². The Morgan fingerprint density at radius 1 is 1.55 bits per heavy atom. The molecule has 1 aromatic heterocycles. The zero-order chi connectivity index (χ0) is 15.9. The van der Waals surface area contributed by atoms with Crippen LogP contribution in [0.5, 0.6) is 0 Å². The van der Waals surface area contributed by atoms with Crippen molar-refractivity contribution in [2.75, 3.05) is 39.5 Å². The molecule has 22 heavy (non-hydrogen) atoms. The maximum atomic E-state index is 12.7. The van der Waals surface area contributed by atoms with Crippen molar-refractivity contribution in [2.45, 2.75) is 26.0 Å². The van der Waals surface area contributed by atoms with Gasteiger partial charge in [-0.2, -0.15) is 0 Å². The highest BCUT2D eigenvalue weighted by Gasteiger charge is 2.32. The van der Waals surface area contributed by atoms with Crippen LogP contribution >= 0.6 is 0 Å². The molecule has 1 aromatic rings. The molecule has 0 aliphatic carbocycles. The lowest BCUT2D eigenvalue weighted by Gasteiger charge is -2.37. The van der Waals surface area contributed by atoms with Crippen molar-refractivity contribution in [1.82, 2.24) is 19.8 Å². The SMILES string of the molecule is CCOCCOC(C)C(=O)N1CCNCC1c1nccn1C. The van der Waals surface area contributed by atoms with Crippen LogP contribution in [0.15, 0.2) is 12.4 Å². The Kier molecular flexibility index (Phi) is 6.35. The van der Waals surface area contributed by atoms with Gasteiger partial charge in [-0.15, -0.1) is 0 Å². The number of imidazole rings is 1. The van der Waals surface area contributed by atoms with Gasteiger partial charge in [-0.1, -0.05) is 0 Å². The number of nitrogens with zero attached hydrogens (tertiary/aromatic N) is 3. The van der Waals surface area contributed by atoms with Crippen LogP contribution in [0.4, 0.5) is 0 Å². The second-order valence-electron chi connectivity index (χ2n) is 5.36. The molecule has 1 aliphatic heterocycles. The smallest absolute Gasteiger partial charge is 0.252 e. The van der Waals surface area contributed by atoms with E-state index in [9.17, 15) is 4.79 Å². The number of carbonyl (C=O) groups excluding carboxylic acids is 1. The van der Waals surface area contributed by atoms with Crippen LogP contribution in [-0.4, -0.2) is 65.9 Å². The van der Waals surface area contributed by atoms with Gasteiger partial charge >= 0.3 is 0 Å². The summed E-state index contributed by atoms with van der Waals surface area (Å²) in [6.07, 6.45) is 3.18. The molecule has 2 heterocycles. The molecule has 0 bridgehead atoms. The molecule has 1 N–H and O–H groups in total. The van der Waals surface area contributed by atoms with Gasteiger partial charge in [0.25, 0.3) is 5.91 Å². The Hall–Kier alpha value is -1.44. The second-order valence-corrected chi connectivity index (χ2v) is 5.36. The monoisotopic (exact) mass is 310 g/mol. The Balaban J connectivity index is 1.98. The average Bonchev–Trinajstić information content (AvgIpc) is 2.96. The quantitative estimate of drug-likeness (QED) is 0.735. The molecular formula is C15H26N4O3. The molecule has 1 aliphatic rings. The van der Waals surface area contributed by atoms with Gasteiger partial charge in [0, 0.05) is 45.7 Å². The number of hydrogen-bond donors (Lipinski definition) is 1. The van der Waals surface area contributed by atoms with E-state index in [0.29, 0.717) is 32.9 Å². The van der Waals surface area contributed by atoms with E-state index < -0.39 is 6.10 Å². The summed E-state index contributed by atoms with van der Waals surface area (Å²) >= 11 is 0. The van der Waals surface area contributed by atoms with Gasteiger partial charge in [-0.3, -0.25) is 4.79 Å². The van der Waals surface area contributed by atoms with Crippen molar-refractivity contribution in [3.8, 4) is 0 Å². The fourth-order valence-electron chi connectivity index (χ4n) is 2.63. The largest absolute Gasteiger partial charge is 0.379 e. The lowest BCUT2D eigenvalue weighted by molar-refractivity contribution is -0.147. The molecule has 2 atom stereocenters. The molecule has 0 aromatic carbocycles. The molecule has 2 unspecified atom stereocenters. The molecule has 1 fully saturated rings. The molecule has 1 amide bonds. The van der Waals surface area contributed by atoms with Crippen LogP contribution in [0.3, 0.4) is 0 Å². The summed E-state index contributed by atoms with van der Waals surface area (Å²) < 4.78 is 12.8.